The first-order valence-corrected chi connectivity index (χ1v) is 9.91. The Balaban J connectivity index is 1.44. The summed E-state index contributed by atoms with van der Waals surface area (Å²) < 4.78 is 16.0. The summed E-state index contributed by atoms with van der Waals surface area (Å²) in [5, 5.41) is 4.20. The molecule has 1 amide bonds. The molecule has 1 aromatic carbocycles. The minimum absolute atomic E-state index is 0.0112. The normalized spacial score (nSPS) is 20.9. The van der Waals surface area contributed by atoms with Crippen LogP contribution in [0, 0.1) is 5.41 Å². The standard InChI is InChI=1S/C21H28N4O4/c1-13(2)19-22-18(23-29-19)16-9-21(10-24(16)3)11-25(12-21)20(26)15-7-6-14(27-4)8-17(15)28-5/h6-8,13,16H,9-12H2,1-5H3. The van der Waals surface area contributed by atoms with Crippen LogP contribution in [-0.2, 0) is 0 Å². The predicted octanol–water partition coefficient (Wildman–Crippen LogP) is 2.73. The van der Waals surface area contributed by atoms with E-state index in [0.29, 0.717) is 23.0 Å². The van der Waals surface area contributed by atoms with E-state index in [-0.39, 0.29) is 23.3 Å². The number of hydrogen-bond donors (Lipinski definition) is 0. The number of aromatic nitrogens is 2. The fourth-order valence-electron chi connectivity index (χ4n) is 4.46. The molecule has 8 heteroatoms. The molecule has 1 spiro atoms. The molecule has 4 rings (SSSR count). The number of ether oxygens (including phenoxy) is 2. The topological polar surface area (TPSA) is 80.9 Å². The molecule has 8 nitrogen and oxygen atoms in total. The summed E-state index contributed by atoms with van der Waals surface area (Å²) in [5.74, 6) is 2.82. The second-order valence-electron chi connectivity index (χ2n) is 8.51. The van der Waals surface area contributed by atoms with Crippen molar-refractivity contribution in [2.75, 3.05) is 40.9 Å². The average molecular weight is 400 g/mol. The molecule has 0 radical (unpaired) electrons. The number of carbonyl (C=O) groups excluding carboxylic acids is 1. The summed E-state index contributed by atoms with van der Waals surface area (Å²) in [4.78, 5) is 21.7. The maximum absolute atomic E-state index is 13.0. The number of amides is 1. The van der Waals surface area contributed by atoms with Crippen molar-refractivity contribution >= 4 is 5.91 Å². The van der Waals surface area contributed by atoms with Crippen LogP contribution in [0.25, 0.3) is 0 Å². The summed E-state index contributed by atoms with van der Waals surface area (Å²) in [6.07, 6.45) is 0.921. The van der Waals surface area contributed by atoms with Crippen molar-refractivity contribution in [2.24, 2.45) is 5.41 Å². The Morgan fingerprint density at radius 2 is 2.00 bits per heavy atom. The van der Waals surface area contributed by atoms with Crippen LogP contribution in [-0.4, -0.2) is 66.7 Å². The number of hydrogen-bond acceptors (Lipinski definition) is 7. The van der Waals surface area contributed by atoms with Crippen LogP contribution in [0.4, 0.5) is 0 Å². The molecule has 1 unspecified atom stereocenters. The first-order chi connectivity index (χ1) is 13.9. The van der Waals surface area contributed by atoms with Crippen molar-refractivity contribution in [3.05, 3.63) is 35.5 Å². The SMILES string of the molecule is COc1ccc(C(=O)N2CC3(CC(c4noc(C(C)C)n4)N(C)C3)C2)c(OC)c1. The van der Waals surface area contributed by atoms with Crippen molar-refractivity contribution < 1.29 is 18.8 Å². The third kappa shape index (κ3) is 3.46. The zero-order chi connectivity index (χ0) is 20.8. The third-order valence-corrected chi connectivity index (χ3v) is 5.97. The van der Waals surface area contributed by atoms with Gasteiger partial charge in [-0.3, -0.25) is 9.69 Å². The van der Waals surface area contributed by atoms with Crippen LogP contribution in [0.2, 0.25) is 0 Å². The lowest BCUT2D eigenvalue weighted by Crippen LogP contribution is -2.59. The van der Waals surface area contributed by atoms with Crippen LogP contribution >= 0.6 is 0 Å². The van der Waals surface area contributed by atoms with Gasteiger partial charge in [-0.25, -0.2) is 0 Å². The second-order valence-corrected chi connectivity index (χ2v) is 8.51. The van der Waals surface area contributed by atoms with Crippen molar-refractivity contribution in [1.82, 2.24) is 19.9 Å². The Hall–Kier alpha value is -2.61. The molecule has 0 saturated carbocycles. The largest absolute Gasteiger partial charge is 0.497 e. The van der Waals surface area contributed by atoms with E-state index in [4.69, 9.17) is 14.0 Å². The van der Waals surface area contributed by atoms with Gasteiger partial charge >= 0.3 is 0 Å². The number of benzene rings is 1. The van der Waals surface area contributed by atoms with Gasteiger partial charge in [0.1, 0.15) is 11.5 Å². The Bertz CT molecular complexity index is 904. The van der Waals surface area contributed by atoms with Crippen molar-refractivity contribution in [1.29, 1.82) is 0 Å². The van der Waals surface area contributed by atoms with Gasteiger partial charge in [-0.1, -0.05) is 19.0 Å². The summed E-state index contributed by atoms with van der Waals surface area (Å²) in [5.41, 5.74) is 0.638. The number of methoxy groups -OCH3 is 2. The van der Waals surface area contributed by atoms with Crippen LogP contribution in [0.5, 0.6) is 11.5 Å². The summed E-state index contributed by atoms with van der Waals surface area (Å²) >= 11 is 0. The Morgan fingerprint density at radius 3 is 2.62 bits per heavy atom. The van der Waals surface area contributed by atoms with E-state index in [1.807, 2.05) is 18.7 Å². The Kier molecular flexibility index (Phi) is 4.98. The van der Waals surface area contributed by atoms with Gasteiger partial charge in [-0.2, -0.15) is 4.98 Å². The molecule has 29 heavy (non-hydrogen) atoms. The van der Waals surface area contributed by atoms with Crippen molar-refractivity contribution in [2.45, 2.75) is 32.2 Å². The first-order valence-electron chi connectivity index (χ1n) is 9.91. The van der Waals surface area contributed by atoms with E-state index in [0.717, 1.165) is 31.9 Å². The fraction of sp³-hybridized carbons (Fsp3) is 0.571. The zero-order valence-electron chi connectivity index (χ0n) is 17.6. The zero-order valence-corrected chi connectivity index (χ0v) is 17.6. The van der Waals surface area contributed by atoms with Gasteiger partial charge in [0, 0.05) is 37.0 Å². The molecule has 0 aliphatic carbocycles. The Labute approximate surface area is 170 Å². The van der Waals surface area contributed by atoms with E-state index in [1.54, 1.807) is 32.4 Å². The maximum Gasteiger partial charge on any atom is 0.257 e. The molecule has 1 aromatic heterocycles. The van der Waals surface area contributed by atoms with Crippen LogP contribution in [0.15, 0.2) is 22.7 Å². The molecule has 2 aliphatic rings. The summed E-state index contributed by atoms with van der Waals surface area (Å²) in [6.45, 7) is 6.43. The van der Waals surface area contributed by atoms with Gasteiger partial charge in [-0.15, -0.1) is 0 Å². The van der Waals surface area contributed by atoms with Crippen LogP contribution in [0.3, 0.4) is 0 Å². The molecule has 2 saturated heterocycles. The minimum atomic E-state index is -0.0112. The van der Waals surface area contributed by atoms with Gasteiger partial charge in [0.05, 0.1) is 25.8 Å². The van der Waals surface area contributed by atoms with Gasteiger partial charge in [-0.05, 0) is 25.6 Å². The molecule has 2 aromatic rings. The highest BCUT2D eigenvalue weighted by Gasteiger charge is 2.53. The molecule has 156 valence electrons. The summed E-state index contributed by atoms with van der Waals surface area (Å²) in [7, 11) is 5.24. The lowest BCUT2D eigenvalue weighted by Gasteiger charge is -2.48. The lowest BCUT2D eigenvalue weighted by molar-refractivity contribution is 0.0113. The molecular weight excluding hydrogens is 372 g/mol. The van der Waals surface area contributed by atoms with Gasteiger partial charge < -0.3 is 18.9 Å². The first kappa shape index (κ1) is 19.7. The number of carbonyl (C=O) groups is 1. The van der Waals surface area contributed by atoms with Crippen molar-refractivity contribution in [3.8, 4) is 11.5 Å². The Morgan fingerprint density at radius 1 is 1.24 bits per heavy atom. The molecule has 2 fully saturated rings. The van der Waals surface area contributed by atoms with Gasteiger partial charge in [0.2, 0.25) is 5.89 Å². The number of likely N-dealkylation sites (tertiary alicyclic amines) is 2. The predicted molar refractivity (Wildman–Crippen MR) is 106 cm³/mol. The highest BCUT2D eigenvalue weighted by Crippen LogP contribution is 2.47. The van der Waals surface area contributed by atoms with Crippen molar-refractivity contribution in [3.63, 3.8) is 0 Å². The van der Waals surface area contributed by atoms with E-state index < -0.39 is 0 Å². The van der Waals surface area contributed by atoms with Gasteiger partial charge in [0.25, 0.3) is 5.91 Å². The molecule has 0 bridgehead atoms. The monoisotopic (exact) mass is 400 g/mol. The highest BCUT2D eigenvalue weighted by atomic mass is 16.5. The molecule has 1 atom stereocenters. The fourth-order valence-corrected chi connectivity index (χ4v) is 4.46. The van der Waals surface area contributed by atoms with E-state index >= 15 is 0 Å². The number of rotatable bonds is 5. The summed E-state index contributed by atoms with van der Waals surface area (Å²) in [6, 6.07) is 5.42. The number of nitrogens with zero attached hydrogens (tertiary/aromatic N) is 4. The average Bonchev–Trinajstić information content (AvgIpc) is 3.30. The third-order valence-electron chi connectivity index (χ3n) is 5.97. The molecule has 0 N–H and O–H groups in total. The van der Waals surface area contributed by atoms with Crippen LogP contribution < -0.4 is 9.47 Å². The molecule has 3 heterocycles. The highest BCUT2D eigenvalue weighted by molar-refractivity contribution is 5.97. The van der Waals surface area contributed by atoms with E-state index in [9.17, 15) is 4.79 Å². The van der Waals surface area contributed by atoms with Crippen LogP contribution in [0.1, 0.15) is 54.3 Å². The molecular formula is C21H28N4O4. The second kappa shape index (κ2) is 7.33. The van der Waals surface area contributed by atoms with E-state index in [1.165, 1.54) is 0 Å². The smallest absolute Gasteiger partial charge is 0.257 e. The lowest BCUT2D eigenvalue weighted by atomic mass is 9.77. The quantitative estimate of drug-likeness (QED) is 0.763. The maximum atomic E-state index is 13.0. The molecule has 2 aliphatic heterocycles. The van der Waals surface area contributed by atoms with E-state index in [2.05, 4.69) is 22.1 Å². The van der Waals surface area contributed by atoms with Gasteiger partial charge in [0.15, 0.2) is 5.82 Å². The minimum Gasteiger partial charge on any atom is -0.497 e.